The topological polar surface area (TPSA) is 32.3 Å². The molecule has 0 aliphatic heterocycles. The van der Waals surface area contributed by atoms with Crippen molar-refractivity contribution in [3.63, 3.8) is 0 Å². The normalized spacial score (nSPS) is 12.7. The molecule has 2 nitrogen and oxygen atoms in total. The van der Waals surface area contributed by atoms with Gasteiger partial charge in [-0.3, -0.25) is 0 Å². The molecule has 14 heavy (non-hydrogen) atoms. The maximum absolute atomic E-state index is 9.67. The lowest BCUT2D eigenvalue weighted by Crippen LogP contribution is -2.28. The summed E-state index contributed by atoms with van der Waals surface area (Å²) in [4.78, 5) is 0. The van der Waals surface area contributed by atoms with Crippen LogP contribution in [0, 0.1) is 0 Å². The van der Waals surface area contributed by atoms with Crippen LogP contribution in [-0.2, 0) is 6.42 Å². The second kappa shape index (κ2) is 6.57. The molecule has 1 atom stereocenters. The molecule has 0 radical (unpaired) electrons. The number of hydrogen-bond acceptors (Lipinski definition) is 2. The summed E-state index contributed by atoms with van der Waals surface area (Å²) in [5.41, 5.74) is 1.19. The Bertz CT molecular complexity index is 235. The summed E-state index contributed by atoms with van der Waals surface area (Å²) in [6, 6.07) is 10.1. The van der Waals surface area contributed by atoms with Crippen LogP contribution in [0.1, 0.15) is 18.9 Å². The number of rotatable bonds is 6. The van der Waals surface area contributed by atoms with Gasteiger partial charge < -0.3 is 10.4 Å². The molecule has 2 N–H and O–H groups in total. The van der Waals surface area contributed by atoms with Gasteiger partial charge in [-0.05, 0) is 24.9 Å². The zero-order valence-electron chi connectivity index (χ0n) is 8.74. The second-order valence-electron chi connectivity index (χ2n) is 3.55. The minimum Gasteiger partial charge on any atom is -0.391 e. The maximum atomic E-state index is 9.67. The summed E-state index contributed by atoms with van der Waals surface area (Å²) < 4.78 is 0. The first-order valence-electron chi connectivity index (χ1n) is 5.25. The van der Waals surface area contributed by atoms with Gasteiger partial charge in [0.25, 0.3) is 0 Å². The fourth-order valence-corrected chi connectivity index (χ4v) is 1.40. The van der Waals surface area contributed by atoms with E-state index in [0.717, 1.165) is 19.4 Å². The molecule has 0 saturated carbocycles. The van der Waals surface area contributed by atoms with Crippen molar-refractivity contribution < 1.29 is 5.11 Å². The van der Waals surface area contributed by atoms with Crippen LogP contribution in [0.5, 0.6) is 0 Å². The van der Waals surface area contributed by atoms with Crippen LogP contribution >= 0.6 is 0 Å². The Morgan fingerprint density at radius 3 is 2.64 bits per heavy atom. The molecular formula is C12H19NO. The minimum atomic E-state index is -0.274. The van der Waals surface area contributed by atoms with Gasteiger partial charge in [-0.25, -0.2) is 0 Å². The van der Waals surface area contributed by atoms with E-state index < -0.39 is 0 Å². The van der Waals surface area contributed by atoms with Gasteiger partial charge in [-0.1, -0.05) is 37.3 Å². The molecule has 1 aromatic rings. The molecule has 0 saturated heterocycles. The third-order valence-corrected chi connectivity index (χ3v) is 2.12. The monoisotopic (exact) mass is 193 g/mol. The Morgan fingerprint density at radius 1 is 1.29 bits per heavy atom. The summed E-state index contributed by atoms with van der Waals surface area (Å²) in [6.07, 6.45) is 1.57. The van der Waals surface area contributed by atoms with E-state index in [1.54, 1.807) is 0 Å². The first kappa shape index (κ1) is 11.2. The first-order valence-corrected chi connectivity index (χ1v) is 5.25. The minimum absolute atomic E-state index is 0.274. The molecule has 0 aliphatic carbocycles. The molecule has 1 unspecified atom stereocenters. The molecule has 0 aromatic heterocycles. The van der Waals surface area contributed by atoms with Crippen molar-refractivity contribution in [1.29, 1.82) is 0 Å². The third kappa shape index (κ3) is 4.40. The van der Waals surface area contributed by atoms with Crippen molar-refractivity contribution in [3.05, 3.63) is 35.9 Å². The van der Waals surface area contributed by atoms with Crippen LogP contribution in [0.15, 0.2) is 30.3 Å². The molecule has 2 heteroatoms. The smallest absolute Gasteiger partial charge is 0.0704 e. The van der Waals surface area contributed by atoms with E-state index >= 15 is 0 Å². The Labute approximate surface area is 86.0 Å². The Kier molecular flexibility index (Phi) is 5.27. The van der Waals surface area contributed by atoms with Gasteiger partial charge in [-0.2, -0.15) is 0 Å². The van der Waals surface area contributed by atoms with E-state index in [-0.39, 0.29) is 6.10 Å². The van der Waals surface area contributed by atoms with Crippen molar-refractivity contribution in [1.82, 2.24) is 5.32 Å². The number of hydrogen-bond donors (Lipinski definition) is 2. The molecule has 0 amide bonds. The van der Waals surface area contributed by atoms with Crippen LogP contribution in [0.3, 0.4) is 0 Å². The van der Waals surface area contributed by atoms with Gasteiger partial charge in [-0.15, -0.1) is 0 Å². The zero-order valence-corrected chi connectivity index (χ0v) is 8.74. The third-order valence-electron chi connectivity index (χ3n) is 2.12. The van der Waals surface area contributed by atoms with E-state index in [2.05, 4.69) is 12.2 Å². The average Bonchev–Trinajstić information content (AvgIpc) is 2.20. The van der Waals surface area contributed by atoms with Gasteiger partial charge in [0, 0.05) is 6.54 Å². The Hall–Kier alpha value is -0.860. The lowest BCUT2D eigenvalue weighted by Gasteiger charge is -2.11. The quantitative estimate of drug-likeness (QED) is 0.672. The molecule has 1 rings (SSSR count). The number of benzene rings is 1. The van der Waals surface area contributed by atoms with Crippen molar-refractivity contribution in [2.24, 2.45) is 0 Å². The van der Waals surface area contributed by atoms with E-state index in [1.165, 1.54) is 5.56 Å². The van der Waals surface area contributed by atoms with Gasteiger partial charge in [0.05, 0.1) is 6.10 Å². The van der Waals surface area contributed by atoms with Gasteiger partial charge in [0.15, 0.2) is 0 Å². The van der Waals surface area contributed by atoms with Crippen LogP contribution in [0.25, 0.3) is 0 Å². The standard InChI is InChI=1S/C12H19NO/c1-2-8-13-10-12(14)9-11-6-4-3-5-7-11/h3-7,12-14H,2,8-10H2,1H3. The van der Waals surface area contributed by atoms with E-state index in [9.17, 15) is 5.11 Å². The van der Waals surface area contributed by atoms with Crippen molar-refractivity contribution >= 4 is 0 Å². The molecule has 0 fully saturated rings. The highest BCUT2D eigenvalue weighted by atomic mass is 16.3. The van der Waals surface area contributed by atoms with E-state index in [0.29, 0.717) is 6.54 Å². The molecule has 0 spiro atoms. The molecule has 0 aliphatic rings. The summed E-state index contributed by atoms with van der Waals surface area (Å²) in [7, 11) is 0. The van der Waals surface area contributed by atoms with Crippen LogP contribution in [0.4, 0.5) is 0 Å². The van der Waals surface area contributed by atoms with Crippen molar-refractivity contribution in [2.45, 2.75) is 25.9 Å². The largest absolute Gasteiger partial charge is 0.391 e. The van der Waals surface area contributed by atoms with Gasteiger partial charge in [0.1, 0.15) is 0 Å². The summed E-state index contributed by atoms with van der Waals surface area (Å²) in [5, 5.41) is 12.9. The van der Waals surface area contributed by atoms with Gasteiger partial charge in [0.2, 0.25) is 0 Å². The van der Waals surface area contributed by atoms with E-state index in [1.807, 2.05) is 30.3 Å². The summed E-state index contributed by atoms with van der Waals surface area (Å²) >= 11 is 0. The molecular weight excluding hydrogens is 174 g/mol. The highest BCUT2D eigenvalue weighted by molar-refractivity contribution is 5.15. The van der Waals surface area contributed by atoms with Gasteiger partial charge >= 0.3 is 0 Å². The Balaban J connectivity index is 2.23. The summed E-state index contributed by atoms with van der Waals surface area (Å²) in [6.45, 7) is 3.78. The van der Waals surface area contributed by atoms with Crippen LogP contribution in [0.2, 0.25) is 0 Å². The predicted molar refractivity (Wildman–Crippen MR) is 59.3 cm³/mol. The Morgan fingerprint density at radius 2 is 2.00 bits per heavy atom. The zero-order chi connectivity index (χ0) is 10.2. The number of aliphatic hydroxyl groups excluding tert-OH is 1. The lowest BCUT2D eigenvalue weighted by atomic mass is 10.1. The average molecular weight is 193 g/mol. The van der Waals surface area contributed by atoms with Crippen molar-refractivity contribution in [2.75, 3.05) is 13.1 Å². The molecule has 78 valence electrons. The van der Waals surface area contributed by atoms with Crippen LogP contribution in [-0.4, -0.2) is 24.3 Å². The lowest BCUT2D eigenvalue weighted by molar-refractivity contribution is 0.172. The highest BCUT2D eigenvalue weighted by Crippen LogP contribution is 2.02. The number of aliphatic hydroxyl groups is 1. The highest BCUT2D eigenvalue weighted by Gasteiger charge is 2.03. The fraction of sp³-hybridized carbons (Fsp3) is 0.500. The number of nitrogens with one attached hydrogen (secondary N) is 1. The summed E-state index contributed by atoms with van der Waals surface area (Å²) in [5.74, 6) is 0. The molecule has 1 aromatic carbocycles. The first-order chi connectivity index (χ1) is 6.83. The molecule has 0 heterocycles. The second-order valence-corrected chi connectivity index (χ2v) is 3.55. The van der Waals surface area contributed by atoms with Crippen molar-refractivity contribution in [3.8, 4) is 0 Å². The fourth-order valence-electron chi connectivity index (χ4n) is 1.40. The maximum Gasteiger partial charge on any atom is 0.0704 e. The molecule has 0 bridgehead atoms. The SMILES string of the molecule is CCCNCC(O)Cc1ccccc1. The predicted octanol–water partition coefficient (Wildman–Crippen LogP) is 1.59. The van der Waals surface area contributed by atoms with E-state index in [4.69, 9.17) is 0 Å². The van der Waals surface area contributed by atoms with Crippen LogP contribution < -0.4 is 5.32 Å².